The predicted octanol–water partition coefficient (Wildman–Crippen LogP) is 5.15. The second-order valence-corrected chi connectivity index (χ2v) is 5.35. The molecule has 0 aliphatic carbocycles. The first-order valence-corrected chi connectivity index (χ1v) is 6.74. The molecule has 0 fully saturated rings. The van der Waals surface area contributed by atoms with Gasteiger partial charge in [-0.15, -0.1) is 0 Å². The topological polar surface area (TPSA) is 29.1 Å². The molecule has 1 amide bonds. The number of hydrogen-bond acceptors (Lipinski definition) is 1. The fourth-order valence-corrected chi connectivity index (χ4v) is 2.05. The average Bonchev–Trinajstić information content (AvgIpc) is 2.37. The van der Waals surface area contributed by atoms with Crippen LogP contribution < -0.4 is 5.32 Å². The van der Waals surface area contributed by atoms with Gasteiger partial charge >= 0.3 is 0 Å². The van der Waals surface area contributed by atoms with E-state index in [0.717, 1.165) is 0 Å². The van der Waals surface area contributed by atoms with E-state index in [1.54, 1.807) is 18.2 Å². The molecule has 0 radical (unpaired) electrons. The maximum absolute atomic E-state index is 13.7. The van der Waals surface area contributed by atoms with Crippen molar-refractivity contribution in [2.45, 2.75) is 0 Å². The lowest BCUT2D eigenvalue weighted by atomic mass is 10.2. The van der Waals surface area contributed by atoms with Gasteiger partial charge in [0.25, 0.3) is 5.91 Å². The lowest BCUT2D eigenvalue weighted by Gasteiger charge is -2.07. The molecule has 19 heavy (non-hydrogen) atoms. The van der Waals surface area contributed by atoms with Crippen LogP contribution in [-0.4, -0.2) is 5.91 Å². The first-order chi connectivity index (χ1) is 8.99. The molecule has 0 aliphatic heterocycles. The van der Waals surface area contributed by atoms with Crippen LogP contribution in [0.15, 0.2) is 40.9 Å². The van der Waals surface area contributed by atoms with E-state index in [9.17, 15) is 9.18 Å². The number of carbonyl (C=O) groups is 1. The molecule has 0 aromatic heterocycles. The Balaban J connectivity index is 2.26. The third kappa shape index (κ3) is 3.26. The molecule has 2 aromatic rings. The molecular formula is C13H7BrCl2FNO. The third-order valence-electron chi connectivity index (χ3n) is 2.37. The van der Waals surface area contributed by atoms with Crippen molar-refractivity contribution in [2.24, 2.45) is 0 Å². The summed E-state index contributed by atoms with van der Waals surface area (Å²) in [6.07, 6.45) is 0. The summed E-state index contributed by atoms with van der Waals surface area (Å²) in [5, 5.41) is 2.90. The zero-order valence-corrected chi connectivity index (χ0v) is 12.5. The van der Waals surface area contributed by atoms with Gasteiger partial charge in [0.2, 0.25) is 0 Å². The van der Waals surface area contributed by atoms with Gasteiger partial charge in [-0.2, -0.15) is 0 Å². The Morgan fingerprint density at radius 2 is 1.89 bits per heavy atom. The van der Waals surface area contributed by atoms with Crippen molar-refractivity contribution in [3.63, 3.8) is 0 Å². The van der Waals surface area contributed by atoms with Crippen LogP contribution in [0.2, 0.25) is 10.0 Å². The molecule has 98 valence electrons. The Labute approximate surface area is 127 Å². The molecule has 0 unspecified atom stereocenters. The minimum absolute atomic E-state index is 0.0958. The SMILES string of the molecule is O=C(Nc1ccc(Br)c(Cl)c1)c1cccc(Cl)c1F. The lowest BCUT2D eigenvalue weighted by Crippen LogP contribution is -2.13. The van der Waals surface area contributed by atoms with E-state index in [1.165, 1.54) is 18.2 Å². The zero-order valence-electron chi connectivity index (χ0n) is 9.38. The summed E-state index contributed by atoms with van der Waals surface area (Å²) in [4.78, 5) is 11.9. The van der Waals surface area contributed by atoms with Crippen molar-refractivity contribution in [3.05, 3.63) is 62.3 Å². The summed E-state index contributed by atoms with van der Waals surface area (Å²) in [6, 6.07) is 9.14. The molecular weight excluding hydrogens is 356 g/mol. The van der Waals surface area contributed by atoms with E-state index in [2.05, 4.69) is 21.2 Å². The summed E-state index contributed by atoms with van der Waals surface area (Å²) in [7, 11) is 0. The number of halogens is 4. The lowest BCUT2D eigenvalue weighted by molar-refractivity contribution is 0.102. The molecule has 0 spiro atoms. The molecule has 0 aliphatic rings. The third-order valence-corrected chi connectivity index (χ3v) is 3.90. The average molecular weight is 363 g/mol. The predicted molar refractivity (Wildman–Crippen MR) is 78.5 cm³/mol. The Morgan fingerprint density at radius 3 is 2.58 bits per heavy atom. The number of amides is 1. The highest BCUT2D eigenvalue weighted by Gasteiger charge is 2.14. The molecule has 0 atom stereocenters. The normalized spacial score (nSPS) is 10.3. The summed E-state index contributed by atoms with van der Waals surface area (Å²) >= 11 is 14.8. The minimum atomic E-state index is -0.745. The second-order valence-electron chi connectivity index (χ2n) is 3.68. The fraction of sp³-hybridized carbons (Fsp3) is 0. The number of rotatable bonds is 2. The smallest absolute Gasteiger partial charge is 0.258 e. The number of nitrogens with one attached hydrogen (secondary N) is 1. The van der Waals surface area contributed by atoms with Crippen LogP contribution in [-0.2, 0) is 0 Å². The molecule has 0 bridgehead atoms. The Hall–Kier alpha value is -1.10. The van der Waals surface area contributed by atoms with Crippen molar-refractivity contribution >= 4 is 50.7 Å². The van der Waals surface area contributed by atoms with Crippen LogP contribution in [0.25, 0.3) is 0 Å². The summed E-state index contributed by atoms with van der Waals surface area (Å²) in [5.74, 6) is -1.33. The molecule has 0 heterocycles. The molecule has 0 saturated carbocycles. The summed E-state index contributed by atoms with van der Waals surface area (Å²) < 4.78 is 14.4. The van der Waals surface area contributed by atoms with Gasteiger partial charge in [0.05, 0.1) is 15.6 Å². The van der Waals surface area contributed by atoms with Crippen LogP contribution in [0.4, 0.5) is 10.1 Å². The van der Waals surface area contributed by atoms with Gasteiger partial charge in [0.15, 0.2) is 5.82 Å². The standard InChI is InChI=1S/C13H7BrCl2FNO/c14-9-5-4-7(6-11(9)16)18-13(19)8-2-1-3-10(15)12(8)17/h1-6H,(H,18,19). The van der Waals surface area contributed by atoms with Gasteiger partial charge in [-0.3, -0.25) is 4.79 Å². The Kier molecular flexibility index (Phi) is 4.45. The molecule has 0 saturated heterocycles. The van der Waals surface area contributed by atoms with E-state index in [-0.39, 0.29) is 10.6 Å². The molecule has 2 rings (SSSR count). The minimum Gasteiger partial charge on any atom is -0.322 e. The van der Waals surface area contributed by atoms with Crippen molar-refractivity contribution < 1.29 is 9.18 Å². The highest BCUT2D eigenvalue weighted by molar-refractivity contribution is 9.10. The highest BCUT2D eigenvalue weighted by Crippen LogP contribution is 2.26. The largest absolute Gasteiger partial charge is 0.322 e. The van der Waals surface area contributed by atoms with Crippen LogP contribution in [0.3, 0.4) is 0 Å². The van der Waals surface area contributed by atoms with Crippen LogP contribution >= 0.6 is 39.1 Å². The van der Waals surface area contributed by atoms with Crippen molar-refractivity contribution in [1.29, 1.82) is 0 Å². The Bertz CT molecular complexity index is 649. The van der Waals surface area contributed by atoms with Gasteiger partial charge < -0.3 is 5.32 Å². The van der Waals surface area contributed by atoms with Gasteiger partial charge in [0, 0.05) is 10.2 Å². The number of hydrogen-bond donors (Lipinski definition) is 1. The molecule has 2 aromatic carbocycles. The maximum atomic E-state index is 13.7. The van der Waals surface area contributed by atoms with E-state index in [4.69, 9.17) is 23.2 Å². The first kappa shape index (κ1) is 14.3. The van der Waals surface area contributed by atoms with Crippen LogP contribution in [0.5, 0.6) is 0 Å². The van der Waals surface area contributed by atoms with Crippen molar-refractivity contribution in [3.8, 4) is 0 Å². The summed E-state index contributed by atoms with van der Waals surface area (Å²) in [6.45, 7) is 0. The second kappa shape index (κ2) is 5.90. The van der Waals surface area contributed by atoms with E-state index >= 15 is 0 Å². The van der Waals surface area contributed by atoms with Gasteiger partial charge in [-0.1, -0.05) is 29.3 Å². The van der Waals surface area contributed by atoms with Crippen LogP contribution in [0, 0.1) is 5.82 Å². The first-order valence-electron chi connectivity index (χ1n) is 5.19. The van der Waals surface area contributed by atoms with E-state index in [1.807, 2.05) is 0 Å². The van der Waals surface area contributed by atoms with E-state index in [0.29, 0.717) is 15.2 Å². The van der Waals surface area contributed by atoms with Crippen molar-refractivity contribution in [2.75, 3.05) is 5.32 Å². The molecule has 2 nitrogen and oxygen atoms in total. The monoisotopic (exact) mass is 361 g/mol. The Morgan fingerprint density at radius 1 is 1.16 bits per heavy atom. The van der Waals surface area contributed by atoms with Gasteiger partial charge in [0.1, 0.15) is 0 Å². The fourth-order valence-electron chi connectivity index (χ4n) is 1.45. The number of benzene rings is 2. The molecule has 6 heteroatoms. The quantitative estimate of drug-likeness (QED) is 0.786. The number of anilines is 1. The maximum Gasteiger partial charge on any atom is 0.258 e. The molecule has 1 N–H and O–H groups in total. The van der Waals surface area contributed by atoms with Gasteiger partial charge in [-0.05, 0) is 46.3 Å². The van der Waals surface area contributed by atoms with Crippen molar-refractivity contribution in [1.82, 2.24) is 0 Å². The van der Waals surface area contributed by atoms with Gasteiger partial charge in [-0.25, -0.2) is 4.39 Å². The zero-order chi connectivity index (χ0) is 14.0. The van der Waals surface area contributed by atoms with Crippen LogP contribution in [0.1, 0.15) is 10.4 Å². The summed E-state index contributed by atoms with van der Waals surface area (Å²) in [5.41, 5.74) is 0.351. The van der Waals surface area contributed by atoms with E-state index < -0.39 is 11.7 Å². The highest BCUT2D eigenvalue weighted by atomic mass is 79.9. The number of carbonyl (C=O) groups excluding carboxylic acids is 1.